The van der Waals surface area contributed by atoms with Gasteiger partial charge in [-0.25, -0.2) is 30.0 Å². The molecule has 0 saturated heterocycles. The molecule has 6 amide bonds. The summed E-state index contributed by atoms with van der Waals surface area (Å²) in [5.74, 6) is 0. The van der Waals surface area contributed by atoms with Crippen LogP contribution < -0.4 is 32.1 Å². The first-order chi connectivity index (χ1) is 22.8. The van der Waals surface area contributed by atoms with Gasteiger partial charge >= 0.3 is 24.2 Å². The zero-order chi connectivity index (χ0) is 33.4. The van der Waals surface area contributed by atoms with Crippen LogP contribution in [-0.4, -0.2) is 51.7 Å². The number of ether oxygens (including phenoxy) is 3. The van der Waals surface area contributed by atoms with Crippen LogP contribution in [0.2, 0.25) is 0 Å². The number of urea groups is 2. The summed E-state index contributed by atoms with van der Waals surface area (Å²) in [5, 5.41) is 10.6. The second-order valence-electron chi connectivity index (χ2n) is 10.2. The first kappa shape index (κ1) is 33.8. The molecule has 47 heavy (non-hydrogen) atoms. The molecule has 0 aliphatic rings. The minimum absolute atomic E-state index is 0.175. The summed E-state index contributed by atoms with van der Waals surface area (Å²) in [5.41, 5.74) is 11.1. The van der Waals surface area contributed by atoms with Crippen molar-refractivity contribution < 1.29 is 33.4 Å². The molecule has 0 aliphatic heterocycles. The monoisotopic (exact) mass is 640 g/mol. The molecule has 0 radical (unpaired) electrons. The number of nitrogens with one attached hydrogen (secondary N) is 6. The number of carbonyl (C=O) groups excluding carboxylic acids is 4. The van der Waals surface area contributed by atoms with E-state index in [4.69, 9.17) is 9.47 Å². The van der Waals surface area contributed by atoms with Gasteiger partial charge in [-0.2, -0.15) is 0 Å². The number of benzene rings is 4. The second-order valence-corrected chi connectivity index (χ2v) is 10.2. The highest BCUT2D eigenvalue weighted by Crippen LogP contribution is 2.18. The highest BCUT2D eigenvalue weighted by atomic mass is 16.6. The van der Waals surface area contributed by atoms with Gasteiger partial charge in [-0.1, -0.05) is 48.5 Å². The highest BCUT2D eigenvalue weighted by molar-refractivity contribution is 5.94. The van der Waals surface area contributed by atoms with Crippen LogP contribution in [-0.2, 0) is 27.1 Å². The van der Waals surface area contributed by atoms with Crippen molar-refractivity contribution >= 4 is 47.0 Å². The number of rotatable bonds is 11. The van der Waals surface area contributed by atoms with E-state index in [9.17, 15) is 19.2 Å². The lowest BCUT2D eigenvalue weighted by molar-refractivity contribution is 0.107. The van der Waals surface area contributed by atoms with Crippen LogP contribution in [0.3, 0.4) is 0 Å². The fraction of sp³-hybridized carbons (Fsp3) is 0.176. The lowest BCUT2D eigenvalue weighted by atomic mass is 10.0. The van der Waals surface area contributed by atoms with Gasteiger partial charge in [0.2, 0.25) is 0 Å². The molecular weight excluding hydrogens is 604 g/mol. The molecular formula is C34H36N6O7. The zero-order valence-electron chi connectivity index (χ0n) is 25.9. The van der Waals surface area contributed by atoms with E-state index >= 15 is 0 Å². The van der Waals surface area contributed by atoms with E-state index in [1.165, 1.54) is 14.2 Å². The van der Waals surface area contributed by atoms with Crippen molar-refractivity contribution in [3.63, 3.8) is 0 Å². The fourth-order valence-electron chi connectivity index (χ4n) is 4.27. The van der Waals surface area contributed by atoms with Crippen LogP contribution in [0.1, 0.15) is 22.3 Å². The van der Waals surface area contributed by atoms with E-state index in [-0.39, 0.29) is 6.61 Å². The van der Waals surface area contributed by atoms with E-state index in [0.29, 0.717) is 42.2 Å². The Morgan fingerprint density at radius 2 is 0.809 bits per heavy atom. The van der Waals surface area contributed by atoms with Gasteiger partial charge in [0.15, 0.2) is 0 Å². The number of hydrogen-bond acceptors (Lipinski definition) is 7. The zero-order valence-corrected chi connectivity index (χ0v) is 25.9. The number of anilines is 4. The Hall–Kier alpha value is -6.08. The number of hydrogen-bond donors (Lipinski definition) is 6. The quantitative estimate of drug-likeness (QED) is 0.0850. The van der Waals surface area contributed by atoms with Gasteiger partial charge in [0, 0.05) is 29.9 Å². The van der Waals surface area contributed by atoms with Crippen LogP contribution in [0.25, 0.3) is 0 Å². The van der Waals surface area contributed by atoms with E-state index in [0.717, 1.165) is 22.3 Å². The summed E-state index contributed by atoms with van der Waals surface area (Å²) < 4.78 is 14.4. The van der Waals surface area contributed by atoms with E-state index in [2.05, 4.69) is 36.9 Å². The van der Waals surface area contributed by atoms with Crippen molar-refractivity contribution in [1.82, 2.24) is 10.9 Å². The van der Waals surface area contributed by atoms with Crippen molar-refractivity contribution in [2.75, 3.05) is 48.7 Å². The first-order valence-electron chi connectivity index (χ1n) is 14.6. The molecule has 4 aromatic carbocycles. The van der Waals surface area contributed by atoms with Gasteiger partial charge in [-0.05, 0) is 83.6 Å². The smallest absolute Gasteiger partial charge is 0.411 e. The lowest BCUT2D eigenvalue weighted by Crippen LogP contribution is -2.45. The molecule has 13 heteroatoms. The molecule has 4 rings (SSSR count). The average Bonchev–Trinajstić information content (AvgIpc) is 3.07. The van der Waals surface area contributed by atoms with E-state index in [1.807, 2.05) is 48.5 Å². The Labute approximate surface area is 272 Å². The van der Waals surface area contributed by atoms with Gasteiger partial charge in [-0.3, -0.25) is 10.6 Å². The van der Waals surface area contributed by atoms with Crippen molar-refractivity contribution in [2.45, 2.75) is 12.8 Å². The van der Waals surface area contributed by atoms with Gasteiger partial charge < -0.3 is 24.8 Å². The predicted octanol–water partition coefficient (Wildman–Crippen LogP) is 6.10. The van der Waals surface area contributed by atoms with Crippen molar-refractivity contribution in [1.29, 1.82) is 0 Å². The second kappa shape index (κ2) is 17.4. The molecule has 13 nitrogen and oxygen atoms in total. The molecule has 0 atom stereocenters. The van der Waals surface area contributed by atoms with Crippen molar-refractivity contribution in [3.8, 4) is 0 Å². The topological polar surface area (TPSA) is 168 Å². The molecule has 0 aliphatic carbocycles. The van der Waals surface area contributed by atoms with Crippen LogP contribution in [0, 0.1) is 0 Å². The molecule has 4 aromatic rings. The Balaban J connectivity index is 1.15. The maximum atomic E-state index is 12.3. The summed E-state index contributed by atoms with van der Waals surface area (Å²) in [6.07, 6.45) is 0.237. The van der Waals surface area contributed by atoms with Gasteiger partial charge in [0.05, 0.1) is 13.7 Å². The summed E-state index contributed by atoms with van der Waals surface area (Å²) >= 11 is 0. The van der Waals surface area contributed by atoms with Crippen LogP contribution >= 0.6 is 0 Å². The van der Waals surface area contributed by atoms with E-state index < -0.39 is 24.2 Å². The molecule has 0 spiro atoms. The molecule has 0 heterocycles. The highest BCUT2D eigenvalue weighted by Gasteiger charge is 2.08. The SMILES string of the molecule is COCCOC(=O)Nc1ccc(Cc2ccc(NC(=O)NNC(=O)Nc3ccc(Cc4ccc(NC(=O)OC)cc4)cc3)cc2)cc1. The normalized spacial score (nSPS) is 10.3. The number of carbonyl (C=O) groups is 4. The van der Waals surface area contributed by atoms with Crippen LogP contribution in [0.15, 0.2) is 97.1 Å². The molecule has 0 unspecified atom stereocenters. The summed E-state index contributed by atoms with van der Waals surface area (Å²) in [4.78, 5) is 47.7. The van der Waals surface area contributed by atoms with Crippen molar-refractivity contribution in [3.05, 3.63) is 119 Å². The Bertz CT molecular complexity index is 1630. The van der Waals surface area contributed by atoms with E-state index in [1.54, 1.807) is 48.5 Å². The largest absolute Gasteiger partial charge is 0.453 e. The Morgan fingerprint density at radius 3 is 1.15 bits per heavy atom. The lowest BCUT2D eigenvalue weighted by Gasteiger charge is -2.11. The minimum atomic E-state index is -0.611. The molecule has 0 saturated carbocycles. The molecule has 6 N–H and O–H groups in total. The predicted molar refractivity (Wildman–Crippen MR) is 179 cm³/mol. The Morgan fingerprint density at radius 1 is 0.468 bits per heavy atom. The maximum Gasteiger partial charge on any atom is 0.411 e. The summed E-state index contributed by atoms with van der Waals surface area (Å²) in [6.45, 7) is 0.505. The third-order valence-corrected chi connectivity index (χ3v) is 6.64. The van der Waals surface area contributed by atoms with Gasteiger partial charge in [-0.15, -0.1) is 0 Å². The average molecular weight is 641 g/mol. The minimum Gasteiger partial charge on any atom is -0.453 e. The Kier molecular flexibility index (Phi) is 12.5. The van der Waals surface area contributed by atoms with Gasteiger partial charge in [0.25, 0.3) is 0 Å². The van der Waals surface area contributed by atoms with Crippen LogP contribution in [0.5, 0.6) is 0 Å². The summed E-state index contributed by atoms with van der Waals surface area (Å²) in [7, 11) is 2.84. The van der Waals surface area contributed by atoms with Crippen molar-refractivity contribution in [2.24, 2.45) is 0 Å². The third kappa shape index (κ3) is 11.7. The number of amides is 6. The van der Waals surface area contributed by atoms with Crippen LogP contribution in [0.4, 0.5) is 41.9 Å². The molecule has 0 aromatic heterocycles. The summed E-state index contributed by atoms with van der Waals surface area (Å²) in [6, 6.07) is 28.2. The van der Waals surface area contributed by atoms with Gasteiger partial charge in [0.1, 0.15) is 6.61 Å². The number of hydrazine groups is 1. The fourth-order valence-corrected chi connectivity index (χ4v) is 4.27. The first-order valence-corrected chi connectivity index (χ1v) is 14.6. The molecule has 244 valence electrons. The number of methoxy groups -OCH3 is 2. The molecule has 0 bridgehead atoms. The molecule has 0 fully saturated rings. The maximum absolute atomic E-state index is 12.3. The third-order valence-electron chi connectivity index (χ3n) is 6.64. The standard InChI is InChI=1S/C34H36N6O7/c1-45-19-20-47-34(44)38-30-17-9-26(10-18-30)22-24-5-13-28(14-6-24)36-32(42)40-39-31(41)35-27-11-3-23(4-12-27)21-25-7-15-29(16-8-25)37-33(43)46-2/h3-18H,19-22H2,1-2H3,(H,37,43)(H,38,44)(H2,35,39,41)(H2,36,40,42).